The largest absolute Gasteiger partial charge is 0.315 e. The van der Waals surface area contributed by atoms with Crippen molar-refractivity contribution in [3.05, 3.63) is 0 Å². The van der Waals surface area contributed by atoms with Crippen molar-refractivity contribution in [3.63, 3.8) is 0 Å². The highest BCUT2D eigenvalue weighted by Gasteiger charge is 2.23. The minimum absolute atomic E-state index is 0.613. The Morgan fingerprint density at radius 3 is 2.75 bits per heavy atom. The fourth-order valence-electron chi connectivity index (χ4n) is 1.43. The maximum atomic E-state index is 10.7. The third-order valence-corrected chi connectivity index (χ3v) is 3.14. The highest BCUT2D eigenvalue weighted by Crippen LogP contribution is 2.07. The van der Waals surface area contributed by atoms with E-state index in [1.807, 2.05) is 7.05 Å². The summed E-state index contributed by atoms with van der Waals surface area (Å²) >= 11 is 0. The molecule has 0 radical (unpaired) electrons. The lowest BCUT2D eigenvalue weighted by molar-refractivity contribution is 0.133. The van der Waals surface area contributed by atoms with Gasteiger partial charge in [-0.1, -0.05) is 0 Å². The van der Waals surface area contributed by atoms with Crippen LogP contribution < -0.4 is 5.32 Å². The van der Waals surface area contributed by atoms with Gasteiger partial charge in [0, 0.05) is 41.9 Å². The molecule has 0 aromatic carbocycles. The van der Waals surface area contributed by atoms with E-state index in [-0.39, 0.29) is 0 Å². The zero-order valence-electron chi connectivity index (χ0n) is 7.88. The lowest BCUT2D eigenvalue weighted by Crippen LogP contribution is -2.57. The molecule has 0 bridgehead atoms. The Hall–Kier alpha value is 0.0700. The van der Waals surface area contributed by atoms with Crippen LogP contribution in [-0.4, -0.2) is 53.8 Å². The van der Waals surface area contributed by atoms with E-state index in [2.05, 4.69) is 10.2 Å². The molecule has 1 aliphatic heterocycles. The molecule has 12 heavy (non-hydrogen) atoms. The summed E-state index contributed by atoms with van der Waals surface area (Å²) < 4.78 is 10.7. The number of likely N-dealkylation sites (N-methyl/N-ethyl adjacent to an activating group) is 1. The minimum atomic E-state index is -0.613. The fourth-order valence-corrected chi connectivity index (χ4v) is 1.96. The normalized spacial score (nSPS) is 22.2. The van der Waals surface area contributed by atoms with E-state index in [1.54, 1.807) is 6.26 Å². The van der Waals surface area contributed by atoms with Crippen molar-refractivity contribution >= 4 is 10.8 Å². The summed E-state index contributed by atoms with van der Waals surface area (Å²) in [4.78, 5) is 2.40. The molecule has 1 fully saturated rings. The third kappa shape index (κ3) is 3.21. The number of likely N-dealkylation sites (tertiary alicyclic amines) is 1. The van der Waals surface area contributed by atoms with E-state index in [4.69, 9.17) is 0 Å². The Labute approximate surface area is 77.0 Å². The van der Waals surface area contributed by atoms with Crippen molar-refractivity contribution in [2.75, 3.05) is 38.7 Å². The molecule has 1 aliphatic rings. The van der Waals surface area contributed by atoms with Crippen LogP contribution in [0.2, 0.25) is 0 Å². The maximum absolute atomic E-state index is 10.7. The molecule has 4 heteroatoms. The molecule has 0 aliphatic carbocycles. The molecule has 1 saturated heterocycles. The summed E-state index contributed by atoms with van der Waals surface area (Å²) in [7, 11) is 1.39. The first-order chi connectivity index (χ1) is 5.72. The Bertz CT molecular complexity index is 157. The fraction of sp³-hybridized carbons (Fsp3) is 1.00. The molecule has 1 N–H and O–H groups in total. The highest BCUT2D eigenvalue weighted by atomic mass is 32.2. The molecule has 0 aromatic rings. The van der Waals surface area contributed by atoms with Crippen LogP contribution in [0.1, 0.15) is 6.42 Å². The highest BCUT2D eigenvalue weighted by molar-refractivity contribution is 7.84. The van der Waals surface area contributed by atoms with Gasteiger partial charge in [-0.15, -0.1) is 0 Å². The van der Waals surface area contributed by atoms with Gasteiger partial charge in [-0.2, -0.15) is 0 Å². The van der Waals surface area contributed by atoms with E-state index in [1.165, 1.54) is 0 Å². The second-order valence-corrected chi connectivity index (χ2v) is 4.93. The molecule has 0 spiro atoms. The van der Waals surface area contributed by atoms with Crippen LogP contribution in [0.25, 0.3) is 0 Å². The quantitative estimate of drug-likeness (QED) is 0.644. The predicted octanol–water partition coefficient (Wildman–Crippen LogP) is -0.341. The van der Waals surface area contributed by atoms with Crippen LogP contribution >= 0.6 is 0 Å². The lowest BCUT2D eigenvalue weighted by atomic mass is 10.1. The molecular weight excluding hydrogens is 172 g/mol. The first-order valence-electron chi connectivity index (χ1n) is 4.42. The Morgan fingerprint density at radius 1 is 1.58 bits per heavy atom. The zero-order chi connectivity index (χ0) is 8.97. The lowest BCUT2D eigenvalue weighted by Gasteiger charge is -2.39. The summed E-state index contributed by atoms with van der Waals surface area (Å²) in [5.74, 6) is 0.848. The SMILES string of the molecule is CNC1CN(CCCS(C)=O)C1. The van der Waals surface area contributed by atoms with Crippen molar-refractivity contribution in [1.82, 2.24) is 10.2 Å². The summed E-state index contributed by atoms with van der Waals surface area (Å²) in [5, 5.41) is 3.23. The average molecular weight is 190 g/mol. The van der Waals surface area contributed by atoms with E-state index in [0.717, 1.165) is 31.8 Å². The van der Waals surface area contributed by atoms with E-state index in [0.29, 0.717) is 6.04 Å². The smallest absolute Gasteiger partial charge is 0.0320 e. The van der Waals surface area contributed by atoms with Crippen LogP contribution in [0.15, 0.2) is 0 Å². The first-order valence-corrected chi connectivity index (χ1v) is 6.14. The Balaban J connectivity index is 1.93. The molecule has 1 heterocycles. The van der Waals surface area contributed by atoms with E-state index in [9.17, 15) is 4.21 Å². The third-order valence-electron chi connectivity index (χ3n) is 2.27. The number of hydrogen-bond donors (Lipinski definition) is 1. The molecule has 0 saturated carbocycles. The van der Waals surface area contributed by atoms with Crippen molar-refractivity contribution in [3.8, 4) is 0 Å². The van der Waals surface area contributed by atoms with Gasteiger partial charge in [0.1, 0.15) is 0 Å². The van der Waals surface area contributed by atoms with Gasteiger partial charge >= 0.3 is 0 Å². The number of hydrogen-bond acceptors (Lipinski definition) is 3. The standard InChI is InChI=1S/C8H18N2OS/c1-9-8-6-10(7-8)4-3-5-12(2)11/h8-9H,3-7H2,1-2H3. The summed E-state index contributed by atoms with van der Waals surface area (Å²) in [6, 6.07) is 0.692. The molecule has 72 valence electrons. The second kappa shape index (κ2) is 4.94. The van der Waals surface area contributed by atoms with Crippen LogP contribution in [0.5, 0.6) is 0 Å². The van der Waals surface area contributed by atoms with Crippen LogP contribution in [0.3, 0.4) is 0 Å². The van der Waals surface area contributed by atoms with Gasteiger partial charge in [0.25, 0.3) is 0 Å². The molecule has 0 amide bonds. The number of nitrogens with one attached hydrogen (secondary N) is 1. The molecule has 1 unspecified atom stereocenters. The van der Waals surface area contributed by atoms with Crippen molar-refractivity contribution in [2.24, 2.45) is 0 Å². The van der Waals surface area contributed by atoms with Crippen LogP contribution in [0, 0.1) is 0 Å². The van der Waals surface area contributed by atoms with Crippen molar-refractivity contribution < 1.29 is 4.21 Å². The number of rotatable bonds is 5. The Morgan fingerprint density at radius 2 is 2.25 bits per heavy atom. The average Bonchev–Trinajstić information content (AvgIpc) is 1.93. The zero-order valence-corrected chi connectivity index (χ0v) is 8.69. The predicted molar refractivity (Wildman–Crippen MR) is 52.8 cm³/mol. The van der Waals surface area contributed by atoms with Gasteiger partial charge in [0.05, 0.1) is 0 Å². The van der Waals surface area contributed by atoms with Gasteiger partial charge in [0.15, 0.2) is 0 Å². The molecule has 0 aromatic heterocycles. The molecule has 1 rings (SSSR count). The van der Waals surface area contributed by atoms with Gasteiger partial charge in [-0.3, -0.25) is 4.21 Å². The van der Waals surface area contributed by atoms with Gasteiger partial charge in [0.2, 0.25) is 0 Å². The van der Waals surface area contributed by atoms with Crippen molar-refractivity contribution in [1.29, 1.82) is 0 Å². The monoisotopic (exact) mass is 190 g/mol. The van der Waals surface area contributed by atoms with E-state index < -0.39 is 10.8 Å². The van der Waals surface area contributed by atoms with E-state index >= 15 is 0 Å². The number of nitrogens with zero attached hydrogens (tertiary/aromatic N) is 1. The van der Waals surface area contributed by atoms with Crippen LogP contribution in [-0.2, 0) is 10.8 Å². The summed E-state index contributed by atoms with van der Waals surface area (Å²) in [6.07, 6.45) is 2.84. The topological polar surface area (TPSA) is 32.3 Å². The van der Waals surface area contributed by atoms with Crippen molar-refractivity contribution in [2.45, 2.75) is 12.5 Å². The van der Waals surface area contributed by atoms with Gasteiger partial charge in [-0.25, -0.2) is 0 Å². The summed E-state index contributed by atoms with van der Waals surface area (Å²) in [6.45, 7) is 3.43. The molecular formula is C8H18N2OS. The van der Waals surface area contributed by atoms with Gasteiger partial charge in [-0.05, 0) is 20.0 Å². The Kier molecular flexibility index (Phi) is 4.18. The van der Waals surface area contributed by atoms with Gasteiger partial charge < -0.3 is 10.2 Å². The minimum Gasteiger partial charge on any atom is -0.315 e. The van der Waals surface area contributed by atoms with Crippen LogP contribution in [0.4, 0.5) is 0 Å². The molecule has 3 nitrogen and oxygen atoms in total. The molecule has 1 atom stereocenters. The maximum Gasteiger partial charge on any atom is 0.0320 e. The summed E-state index contributed by atoms with van der Waals surface area (Å²) in [5.41, 5.74) is 0. The second-order valence-electron chi connectivity index (χ2n) is 3.38. The first kappa shape index (κ1) is 10.2.